The maximum Gasteiger partial charge on any atom is 0.0593 e. The summed E-state index contributed by atoms with van der Waals surface area (Å²) in [6.07, 6.45) is 2.29. The third kappa shape index (κ3) is 4.85. The number of halogens is 1. The van der Waals surface area contributed by atoms with Gasteiger partial charge in [-0.05, 0) is 31.0 Å². The normalized spacial score (nSPS) is 18.7. The van der Waals surface area contributed by atoms with E-state index in [4.69, 9.17) is 4.74 Å². The summed E-state index contributed by atoms with van der Waals surface area (Å²) < 4.78 is 6.72. The fraction of sp³-hybridized carbons (Fsp3) is 0.625. The van der Waals surface area contributed by atoms with Crippen LogP contribution in [0, 0.1) is 0 Å². The molecule has 1 unspecified atom stereocenters. The Morgan fingerprint density at radius 3 is 2.95 bits per heavy atom. The van der Waals surface area contributed by atoms with Gasteiger partial charge in [-0.2, -0.15) is 0 Å². The molecule has 1 aromatic rings. The first-order valence-electron chi connectivity index (χ1n) is 7.59. The van der Waals surface area contributed by atoms with E-state index < -0.39 is 0 Å². The van der Waals surface area contributed by atoms with E-state index in [1.807, 2.05) is 0 Å². The molecule has 1 aromatic carbocycles. The largest absolute Gasteiger partial charge is 0.380 e. The molecule has 0 aliphatic carbocycles. The molecule has 1 aliphatic heterocycles. The molecule has 3 nitrogen and oxygen atoms in total. The van der Waals surface area contributed by atoms with Gasteiger partial charge in [0.05, 0.1) is 6.61 Å². The molecule has 112 valence electrons. The maximum absolute atomic E-state index is 5.52. The second kappa shape index (κ2) is 8.78. The summed E-state index contributed by atoms with van der Waals surface area (Å²) in [5.74, 6) is 0. The van der Waals surface area contributed by atoms with Crippen LogP contribution in [0.4, 0.5) is 0 Å². The van der Waals surface area contributed by atoms with Crippen LogP contribution in [0.2, 0.25) is 0 Å². The van der Waals surface area contributed by atoms with Gasteiger partial charge in [0, 0.05) is 36.8 Å². The minimum absolute atomic E-state index is 0.416. The van der Waals surface area contributed by atoms with Gasteiger partial charge in [-0.3, -0.25) is 0 Å². The van der Waals surface area contributed by atoms with Crippen molar-refractivity contribution < 1.29 is 4.74 Å². The molecule has 1 N–H and O–H groups in total. The van der Waals surface area contributed by atoms with E-state index in [1.165, 1.54) is 10.0 Å². The maximum atomic E-state index is 5.52. The Labute approximate surface area is 130 Å². The average Bonchev–Trinajstić information content (AvgIpc) is 2.73. The molecule has 1 fully saturated rings. The summed E-state index contributed by atoms with van der Waals surface area (Å²) in [6.45, 7) is 8.31. The summed E-state index contributed by atoms with van der Waals surface area (Å²) in [5, 5.41) is 3.61. The van der Waals surface area contributed by atoms with E-state index in [0.29, 0.717) is 6.04 Å². The van der Waals surface area contributed by atoms with Crippen molar-refractivity contribution in [2.24, 2.45) is 0 Å². The lowest BCUT2D eigenvalue weighted by Gasteiger charge is -2.24. The molecule has 1 saturated heterocycles. The standard InChI is InChI=1S/C16H25BrN2O/c1-2-18-16(14-6-3-4-7-15(14)17)8-10-19-9-5-12-20-13-11-19/h3-4,6-7,16,18H,2,5,8-13H2,1H3. The van der Waals surface area contributed by atoms with Crippen molar-refractivity contribution in [1.82, 2.24) is 10.2 Å². The summed E-state index contributed by atoms with van der Waals surface area (Å²) in [4.78, 5) is 2.52. The monoisotopic (exact) mass is 340 g/mol. The first kappa shape index (κ1) is 16.0. The molecule has 2 rings (SSSR count). The highest BCUT2D eigenvalue weighted by Gasteiger charge is 2.16. The Bertz CT molecular complexity index is 392. The molecule has 1 heterocycles. The van der Waals surface area contributed by atoms with Gasteiger partial charge in [0.2, 0.25) is 0 Å². The van der Waals surface area contributed by atoms with Crippen molar-refractivity contribution in [3.8, 4) is 0 Å². The van der Waals surface area contributed by atoms with E-state index in [-0.39, 0.29) is 0 Å². The van der Waals surface area contributed by atoms with Crippen molar-refractivity contribution >= 4 is 15.9 Å². The Hall–Kier alpha value is -0.420. The fourth-order valence-electron chi connectivity index (χ4n) is 2.70. The van der Waals surface area contributed by atoms with E-state index in [9.17, 15) is 0 Å². The number of benzene rings is 1. The molecule has 1 atom stereocenters. The highest BCUT2D eigenvalue weighted by Crippen LogP contribution is 2.25. The number of ether oxygens (including phenoxy) is 1. The number of hydrogen-bond acceptors (Lipinski definition) is 3. The predicted molar refractivity (Wildman–Crippen MR) is 87.1 cm³/mol. The van der Waals surface area contributed by atoms with Crippen molar-refractivity contribution in [3.63, 3.8) is 0 Å². The third-order valence-corrected chi connectivity index (χ3v) is 4.50. The molecule has 20 heavy (non-hydrogen) atoms. The smallest absolute Gasteiger partial charge is 0.0593 e. The van der Waals surface area contributed by atoms with Crippen LogP contribution in [0.15, 0.2) is 28.7 Å². The second-order valence-corrected chi connectivity index (χ2v) is 6.08. The Morgan fingerprint density at radius 2 is 2.15 bits per heavy atom. The zero-order valence-corrected chi connectivity index (χ0v) is 13.9. The van der Waals surface area contributed by atoms with Crippen molar-refractivity contribution in [2.75, 3.05) is 39.4 Å². The van der Waals surface area contributed by atoms with Gasteiger partial charge in [0.1, 0.15) is 0 Å². The van der Waals surface area contributed by atoms with Crippen LogP contribution in [0.5, 0.6) is 0 Å². The van der Waals surface area contributed by atoms with Crippen LogP contribution < -0.4 is 5.32 Å². The third-order valence-electron chi connectivity index (χ3n) is 3.78. The summed E-state index contributed by atoms with van der Waals surface area (Å²) in [6, 6.07) is 8.94. The molecule has 1 aliphatic rings. The number of rotatable bonds is 6. The van der Waals surface area contributed by atoms with Gasteiger partial charge in [-0.15, -0.1) is 0 Å². The van der Waals surface area contributed by atoms with Gasteiger partial charge >= 0.3 is 0 Å². The van der Waals surface area contributed by atoms with Crippen molar-refractivity contribution in [3.05, 3.63) is 34.3 Å². The molecule has 0 radical (unpaired) electrons. The van der Waals surface area contributed by atoms with Gasteiger partial charge in [0.25, 0.3) is 0 Å². The van der Waals surface area contributed by atoms with Crippen LogP contribution in [-0.2, 0) is 4.74 Å². The number of nitrogens with zero attached hydrogens (tertiary/aromatic N) is 1. The van der Waals surface area contributed by atoms with Crippen LogP contribution in [0.1, 0.15) is 31.4 Å². The van der Waals surface area contributed by atoms with E-state index in [0.717, 1.165) is 52.2 Å². The molecule has 0 aromatic heterocycles. The van der Waals surface area contributed by atoms with E-state index in [2.05, 4.69) is 57.3 Å². The van der Waals surface area contributed by atoms with E-state index >= 15 is 0 Å². The topological polar surface area (TPSA) is 24.5 Å². The Kier molecular flexibility index (Phi) is 7.00. The van der Waals surface area contributed by atoms with Crippen LogP contribution >= 0.6 is 15.9 Å². The number of nitrogens with one attached hydrogen (secondary N) is 1. The summed E-state index contributed by atoms with van der Waals surface area (Å²) >= 11 is 3.67. The summed E-state index contributed by atoms with van der Waals surface area (Å²) in [5.41, 5.74) is 1.36. The zero-order valence-electron chi connectivity index (χ0n) is 12.3. The van der Waals surface area contributed by atoms with Crippen molar-refractivity contribution in [2.45, 2.75) is 25.8 Å². The molecule has 0 saturated carbocycles. The van der Waals surface area contributed by atoms with Crippen LogP contribution in [0.25, 0.3) is 0 Å². The fourth-order valence-corrected chi connectivity index (χ4v) is 3.27. The molecule has 0 amide bonds. The van der Waals surface area contributed by atoms with Crippen molar-refractivity contribution in [1.29, 1.82) is 0 Å². The number of hydrogen-bond donors (Lipinski definition) is 1. The van der Waals surface area contributed by atoms with Crippen LogP contribution in [-0.4, -0.2) is 44.3 Å². The zero-order chi connectivity index (χ0) is 14.2. The highest BCUT2D eigenvalue weighted by molar-refractivity contribution is 9.10. The second-order valence-electron chi connectivity index (χ2n) is 5.23. The van der Waals surface area contributed by atoms with Gasteiger partial charge in [-0.25, -0.2) is 0 Å². The lowest BCUT2D eigenvalue weighted by Crippen LogP contribution is -2.31. The highest BCUT2D eigenvalue weighted by atomic mass is 79.9. The SMILES string of the molecule is CCNC(CCN1CCCOCC1)c1ccccc1Br. The molecular weight excluding hydrogens is 316 g/mol. The predicted octanol–water partition coefficient (Wildman–Crippen LogP) is 3.21. The van der Waals surface area contributed by atoms with E-state index in [1.54, 1.807) is 0 Å². The van der Waals surface area contributed by atoms with Gasteiger partial charge < -0.3 is 15.0 Å². The summed E-state index contributed by atoms with van der Waals surface area (Å²) in [7, 11) is 0. The lowest BCUT2D eigenvalue weighted by atomic mass is 10.0. The minimum atomic E-state index is 0.416. The first-order valence-corrected chi connectivity index (χ1v) is 8.38. The quantitative estimate of drug-likeness (QED) is 0.860. The molecular formula is C16H25BrN2O. The molecule has 0 bridgehead atoms. The first-order chi connectivity index (χ1) is 9.81. The molecule has 4 heteroatoms. The lowest BCUT2D eigenvalue weighted by molar-refractivity contribution is 0.140. The molecule has 0 spiro atoms. The Balaban J connectivity index is 1.93. The Morgan fingerprint density at radius 1 is 1.30 bits per heavy atom. The minimum Gasteiger partial charge on any atom is -0.380 e. The van der Waals surface area contributed by atoms with Gasteiger partial charge in [-0.1, -0.05) is 41.1 Å². The van der Waals surface area contributed by atoms with Gasteiger partial charge in [0.15, 0.2) is 0 Å². The average molecular weight is 341 g/mol. The van der Waals surface area contributed by atoms with Crippen LogP contribution in [0.3, 0.4) is 0 Å².